The first-order valence-electron chi connectivity index (χ1n) is 7.73. The van der Waals surface area contributed by atoms with E-state index < -0.39 is 0 Å². The number of thiophene rings is 1. The van der Waals surface area contributed by atoms with E-state index in [1.807, 2.05) is 26.2 Å². The number of nitrogens with zero attached hydrogens (tertiary/aromatic N) is 3. The maximum atomic E-state index is 12.4. The Balaban J connectivity index is 1.78. The Labute approximate surface area is 154 Å². The molecule has 0 fully saturated rings. The number of hydrogen-bond acceptors (Lipinski definition) is 4. The van der Waals surface area contributed by atoms with Crippen LogP contribution in [0, 0.1) is 11.3 Å². The van der Waals surface area contributed by atoms with Crippen LogP contribution in [0.5, 0.6) is 0 Å². The van der Waals surface area contributed by atoms with Crippen LogP contribution in [0.4, 0.5) is 5.00 Å². The van der Waals surface area contributed by atoms with Crippen molar-refractivity contribution in [1.82, 2.24) is 9.38 Å². The van der Waals surface area contributed by atoms with E-state index in [1.165, 1.54) is 11.3 Å². The Morgan fingerprint density at radius 2 is 2.16 bits per heavy atom. The highest BCUT2D eigenvalue weighted by molar-refractivity contribution is 7.14. The van der Waals surface area contributed by atoms with Gasteiger partial charge in [0.2, 0.25) is 5.91 Å². The molecule has 25 heavy (non-hydrogen) atoms. The van der Waals surface area contributed by atoms with Gasteiger partial charge in [0.25, 0.3) is 0 Å². The standard InChI is InChI=1S/C18H17ClN4OS/c1-18(2,3)14-10-25-17(13(14)7-20)22-16(24)6-12-9-23-8-11(19)4-5-15(23)21-12/h4-5,8-10H,6H2,1-3H3,(H,22,24). The minimum absolute atomic E-state index is 0.132. The van der Waals surface area contributed by atoms with Crippen molar-refractivity contribution >= 4 is 39.5 Å². The Morgan fingerprint density at radius 3 is 2.84 bits per heavy atom. The van der Waals surface area contributed by atoms with Crippen molar-refractivity contribution in [3.05, 3.63) is 51.7 Å². The van der Waals surface area contributed by atoms with Crippen molar-refractivity contribution in [2.75, 3.05) is 5.32 Å². The zero-order valence-corrected chi connectivity index (χ0v) is 15.7. The minimum Gasteiger partial charge on any atom is -0.316 e. The summed E-state index contributed by atoms with van der Waals surface area (Å²) >= 11 is 7.33. The van der Waals surface area contributed by atoms with E-state index >= 15 is 0 Å². The lowest BCUT2D eigenvalue weighted by atomic mass is 9.86. The molecule has 1 N–H and O–H groups in total. The van der Waals surface area contributed by atoms with Crippen molar-refractivity contribution in [1.29, 1.82) is 5.26 Å². The van der Waals surface area contributed by atoms with Crippen LogP contribution >= 0.6 is 22.9 Å². The lowest BCUT2D eigenvalue weighted by Crippen LogP contribution is -2.16. The molecular formula is C18H17ClN4OS. The summed E-state index contributed by atoms with van der Waals surface area (Å²) in [5, 5.41) is 15.4. The van der Waals surface area contributed by atoms with Gasteiger partial charge >= 0.3 is 0 Å². The highest BCUT2D eigenvalue weighted by Crippen LogP contribution is 2.35. The molecule has 0 spiro atoms. The molecule has 3 rings (SSSR count). The van der Waals surface area contributed by atoms with Crippen LogP contribution in [0.25, 0.3) is 5.65 Å². The molecule has 3 aromatic heterocycles. The molecule has 0 radical (unpaired) electrons. The first-order valence-corrected chi connectivity index (χ1v) is 8.99. The smallest absolute Gasteiger partial charge is 0.231 e. The number of pyridine rings is 1. The average molecular weight is 373 g/mol. The van der Waals surface area contributed by atoms with Gasteiger partial charge in [0.05, 0.1) is 22.7 Å². The first-order chi connectivity index (χ1) is 11.8. The molecule has 0 bridgehead atoms. The molecule has 3 heterocycles. The lowest BCUT2D eigenvalue weighted by Gasteiger charge is -2.17. The van der Waals surface area contributed by atoms with Crippen molar-refractivity contribution in [3.63, 3.8) is 0 Å². The molecule has 0 aliphatic carbocycles. The van der Waals surface area contributed by atoms with Gasteiger partial charge in [0, 0.05) is 12.4 Å². The summed E-state index contributed by atoms with van der Waals surface area (Å²) in [6, 6.07) is 5.76. The maximum Gasteiger partial charge on any atom is 0.231 e. The fourth-order valence-electron chi connectivity index (χ4n) is 2.55. The van der Waals surface area contributed by atoms with Crippen molar-refractivity contribution in [2.45, 2.75) is 32.6 Å². The highest BCUT2D eigenvalue weighted by Gasteiger charge is 2.23. The van der Waals surface area contributed by atoms with Crippen LogP contribution in [0.15, 0.2) is 29.9 Å². The normalized spacial score (nSPS) is 11.5. The zero-order valence-electron chi connectivity index (χ0n) is 14.1. The van der Waals surface area contributed by atoms with Crippen LogP contribution in [0.1, 0.15) is 37.6 Å². The third kappa shape index (κ3) is 3.68. The summed E-state index contributed by atoms with van der Waals surface area (Å²) in [4.78, 5) is 16.8. The quantitative estimate of drug-likeness (QED) is 0.740. The molecule has 0 atom stereocenters. The molecule has 3 aromatic rings. The highest BCUT2D eigenvalue weighted by atomic mass is 35.5. The Kier molecular flexibility index (Phi) is 4.55. The van der Waals surface area contributed by atoms with Gasteiger partial charge in [-0.25, -0.2) is 4.98 Å². The van der Waals surface area contributed by atoms with Gasteiger partial charge in [0.1, 0.15) is 16.7 Å². The van der Waals surface area contributed by atoms with Crippen LogP contribution in [0.3, 0.4) is 0 Å². The van der Waals surface area contributed by atoms with Gasteiger partial charge in [-0.05, 0) is 28.5 Å². The first kappa shape index (κ1) is 17.5. The molecule has 1 amide bonds. The van der Waals surface area contributed by atoms with E-state index in [9.17, 15) is 10.1 Å². The molecule has 0 unspecified atom stereocenters. The second-order valence-corrected chi connectivity index (χ2v) is 8.10. The van der Waals surface area contributed by atoms with Gasteiger partial charge in [-0.3, -0.25) is 4.79 Å². The molecule has 0 saturated carbocycles. The summed E-state index contributed by atoms with van der Waals surface area (Å²) in [6.07, 6.45) is 3.65. The number of hydrogen-bond donors (Lipinski definition) is 1. The number of imidazole rings is 1. The topological polar surface area (TPSA) is 70.2 Å². The summed E-state index contributed by atoms with van der Waals surface area (Å²) < 4.78 is 1.79. The largest absolute Gasteiger partial charge is 0.316 e. The average Bonchev–Trinajstić information content (AvgIpc) is 3.09. The number of nitriles is 1. The Morgan fingerprint density at radius 1 is 1.40 bits per heavy atom. The minimum atomic E-state index is -0.201. The summed E-state index contributed by atoms with van der Waals surface area (Å²) in [5.74, 6) is -0.201. The number of amides is 1. The molecule has 7 heteroatoms. The summed E-state index contributed by atoms with van der Waals surface area (Å²) in [6.45, 7) is 6.13. The van der Waals surface area contributed by atoms with Crippen molar-refractivity contribution in [2.24, 2.45) is 0 Å². The van der Waals surface area contributed by atoms with Crippen LogP contribution in [-0.4, -0.2) is 15.3 Å². The molecule has 0 aliphatic heterocycles. The molecule has 0 aliphatic rings. The fourth-order valence-corrected chi connectivity index (χ4v) is 3.87. The Hall–Kier alpha value is -2.36. The number of rotatable bonds is 3. The second-order valence-electron chi connectivity index (χ2n) is 6.79. The number of fused-ring (bicyclic) bond motifs is 1. The number of carbonyl (C=O) groups excluding carboxylic acids is 1. The van der Waals surface area contributed by atoms with E-state index in [2.05, 4.69) is 16.4 Å². The summed E-state index contributed by atoms with van der Waals surface area (Å²) in [5.41, 5.74) is 2.71. The van der Waals surface area contributed by atoms with Gasteiger partial charge in [0.15, 0.2) is 0 Å². The van der Waals surface area contributed by atoms with E-state index in [1.54, 1.807) is 28.9 Å². The maximum absolute atomic E-state index is 12.4. The number of carbonyl (C=O) groups is 1. The van der Waals surface area contributed by atoms with Crippen molar-refractivity contribution in [3.8, 4) is 6.07 Å². The van der Waals surface area contributed by atoms with E-state index in [0.29, 0.717) is 21.3 Å². The van der Waals surface area contributed by atoms with Crippen LogP contribution < -0.4 is 5.32 Å². The number of anilines is 1. The van der Waals surface area contributed by atoms with Crippen LogP contribution in [0.2, 0.25) is 5.02 Å². The summed E-state index contributed by atoms with van der Waals surface area (Å²) in [7, 11) is 0. The lowest BCUT2D eigenvalue weighted by molar-refractivity contribution is -0.115. The molecule has 0 aromatic carbocycles. The zero-order chi connectivity index (χ0) is 18.2. The van der Waals surface area contributed by atoms with Crippen LogP contribution in [-0.2, 0) is 16.6 Å². The monoisotopic (exact) mass is 372 g/mol. The van der Waals surface area contributed by atoms with Gasteiger partial charge in [-0.2, -0.15) is 5.26 Å². The number of aromatic nitrogens is 2. The molecule has 128 valence electrons. The Bertz CT molecular complexity index is 991. The SMILES string of the molecule is CC(C)(C)c1csc(NC(=O)Cc2cn3cc(Cl)ccc3n2)c1C#N. The molecule has 0 saturated heterocycles. The molecular weight excluding hydrogens is 356 g/mol. The van der Waals surface area contributed by atoms with Gasteiger partial charge in [-0.1, -0.05) is 32.4 Å². The van der Waals surface area contributed by atoms with Gasteiger partial charge in [-0.15, -0.1) is 11.3 Å². The predicted molar refractivity (Wildman–Crippen MR) is 100 cm³/mol. The van der Waals surface area contributed by atoms with Gasteiger partial charge < -0.3 is 9.72 Å². The van der Waals surface area contributed by atoms with E-state index in [4.69, 9.17) is 11.6 Å². The predicted octanol–water partition coefficient (Wildman–Crippen LogP) is 4.40. The third-order valence-electron chi connectivity index (χ3n) is 3.77. The fraction of sp³-hybridized carbons (Fsp3) is 0.278. The number of halogens is 1. The second kappa shape index (κ2) is 6.51. The third-order valence-corrected chi connectivity index (χ3v) is 4.89. The number of nitrogens with one attached hydrogen (secondary N) is 1. The van der Waals surface area contributed by atoms with E-state index in [-0.39, 0.29) is 17.7 Å². The molecule has 5 nitrogen and oxygen atoms in total. The van der Waals surface area contributed by atoms with Crippen molar-refractivity contribution < 1.29 is 4.79 Å². The van der Waals surface area contributed by atoms with E-state index in [0.717, 1.165) is 11.2 Å².